The second-order valence-electron chi connectivity index (χ2n) is 3.79. The van der Waals surface area contributed by atoms with Gasteiger partial charge in [0, 0.05) is 0 Å². The Bertz CT molecular complexity index is 345. The molecule has 1 aliphatic heterocycles. The number of rotatable bonds is 1. The summed E-state index contributed by atoms with van der Waals surface area (Å²) in [5.74, 6) is 0. The third-order valence-electron chi connectivity index (χ3n) is 2.19. The van der Waals surface area contributed by atoms with Crippen LogP contribution < -0.4 is 0 Å². The molecule has 0 unspecified atom stereocenters. The molecule has 0 aromatic heterocycles. The van der Waals surface area contributed by atoms with Crippen molar-refractivity contribution in [2.24, 2.45) is 0 Å². The van der Waals surface area contributed by atoms with E-state index in [0.717, 1.165) is 5.56 Å². The van der Waals surface area contributed by atoms with Crippen LogP contribution in [0.2, 0.25) is 0 Å². The SMILES string of the molecule is CN1[CH-]N(C)CC1.[CH3-].[Cl][Ru]([Cl])=[CH]c1ccccc1. The predicted octanol–water partition coefficient (Wildman–Crippen LogP) is 3.20. The van der Waals surface area contributed by atoms with Gasteiger partial charge in [0.2, 0.25) is 0 Å². The van der Waals surface area contributed by atoms with Crippen molar-refractivity contribution in [3.63, 3.8) is 0 Å². The monoisotopic (exact) mass is 376 g/mol. The van der Waals surface area contributed by atoms with Gasteiger partial charge >= 0.3 is 73.4 Å². The predicted molar refractivity (Wildman–Crippen MR) is 79.3 cm³/mol. The summed E-state index contributed by atoms with van der Waals surface area (Å²) < 4.78 is 1.92. The average molecular weight is 376 g/mol. The van der Waals surface area contributed by atoms with Gasteiger partial charge in [-0.3, -0.25) is 0 Å². The maximum atomic E-state index is 5.67. The molecule has 1 aromatic carbocycles. The summed E-state index contributed by atoms with van der Waals surface area (Å²) in [7, 11) is 15.5. The van der Waals surface area contributed by atoms with Crippen molar-refractivity contribution in [2.75, 3.05) is 27.2 Å². The third-order valence-corrected chi connectivity index (χ3v) is 4.07. The molecular formula is C13H20Cl2N2Ru-2. The summed E-state index contributed by atoms with van der Waals surface area (Å²) in [4.78, 5) is 4.36. The first-order valence-corrected chi connectivity index (χ1v) is 10.7. The van der Waals surface area contributed by atoms with Gasteiger partial charge in [-0.25, -0.2) is 6.67 Å². The van der Waals surface area contributed by atoms with Crippen molar-refractivity contribution in [3.05, 3.63) is 50.0 Å². The fraction of sp³-hybridized carbons (Fsp3) is 0.308. The Balaban J connectivity index is 0.000000321. The minimum atomic E-state index is -1.61. The van der Waals surface area contributed by atoms with Crippen molar-refractivity contribution in [2.45, 2.75) is 0 Å². The van der Waals surface area contributed by atoms with Crippen LogP contribution >= 0.6 is 19.4 Å². The van der Waals surface area contributed by atoms with E-state index in [2.05, 4.69) is 30.6 Å². The molecule has 2 nitrogen and oxygen atoms in total. The first kappa shape index (κ1) is 18.2. The molecule has 0 radical (unpaired) electrons. The fourth-order valence-electron chi connectivity index (χ4n) is 1.38. The number of nitrogens with zero attached hydrogens (tertiary/aromatic N) is 2. The standard InChI is InChI=1S/C7H6.C5H11N2.CH3.2ClH.Ru/c1-7-5-3-2-4-6-7;1-6-3-4-7(2)5-6;;;;/h1-6H;5H,3-4H2,1-2H3;1H3;2*1H;/q;2*-1;;;+2/p-2. The normalized spacial score (nSPS) is 16.3. The van der Waals surface area contributed by atoms with Gasteiger partial charge in [-0.2, -0.15) is 0 Å². The Morgan fingerprint density at radius 3 is 1.94 bits per heavy atom. The van der Waals surface area contributed by atoms with Gasteiger partial charge in [-0.05, 0) is 27.2 Å². The third kappa shape index (κ3) is 8.34. The van der Waals surface area contributed by atoms with Crippen LogP contribution in [0.4, 0.5) is 0 Å². The number of likely N-dealkylation sites (N-methyl/N-ethyl adjacent to an activating group) is 2. The van der Waals surface area contributed by atoms with Gasteiger partial charge in [0.1, 0.15) is 0 Å². The molecule has 106 valence electrons. The molecule has 0 bridgehead atoms. The van der Waals surface area contributed by atoms with Crippen LogP contribution in [-0.2, 0) is 13.5 Å². The van der Waals surface area contributed by atoms with Gasteiger partial charge in [0.15, 0.2) is 0 Å². The van der Waals surface area contributed by atoms with E-state index >= 15 is 0 Å². The molecule has 0 N–H and O–H groups in total. The summed E-state index contributed by atoms with van der Waals surface area (Å²) in [6.07, 6.45) is 0. The molecule has 2 rings (SSSR count). The summed E-state index contributed by atoms with van der Waals surface area (Å²) in [5.41, 5.74) is 1.12. The number of halogens is 2. The number of hydrogen-bond donors (Lipinski definition) is 0. The van der Waals surface area contributed by atoms with Crippen LogP contribution in [0, 0.1) is 14.1 Å². The number of benzene rings is 1. The van der Waals surface area contributed by atoms with Gasteiger partial charge in [0.05, 0.1) is 0 Å². The van der Waals surface area contributed by atoms with Crippen molar-refractivity contribution >= 4 is 24.0 Å². The van der Waals surface area contributed by atoms with E-state index in [0.29, 0.717) is 0 Å². The van der Waals surface area contributed by atoms with Gasteiger partial charge in [-0.1, -0.05) is 0 Å². The van der Waals surface area contributed by atoms with E-state index in [4.69, 9.17) is 19.4 Å². The molecule has 1 heterocycles. The first-order valence-electron chi connectivity index (χ1n) is 5.21. The van der Waals surface area contributed by atoms with Crippen molar-refractivity contribution in [1.29, 1.82) is 0 Å². The van der Waals surface area contributed by atoms with Crippen LogP contribution in [0.3, 0.4) is 0 Å². The van der Waals surface area contributed by atoms with Crippen LogP contribution in [0.25, 0.3) is 0 Å². The maximum absolute atomic E-state index is 5.67. The van der Waals surface area contributed by atoms with Crippen LogP contribution in [-0.4, -0.2) is 41.6 Å². The van der Waals surface area contributed by atoms with E-state index < -0.39 is 13.5 Å². The summed E-state index contributed by atoms with van der Waals surface area (Å²) in [5, 5.41) is 0. The fourth-order valence-corrected chi connectivity index (χ4v) is 3.20. The Hall–Kier alpha value is 0.213. The second-order valence-corrected chi connectivity index (χ2v) is 9.52. The van der Waals surface area contributed by atoms with E-state index in [1.807, 2.05) is 34.9 Å². The topological polar surface area (TPSA) is 6.48 Å². The second kappa shape index (κ2) is 10.1. The van der Waals surface area contributed by atoms with E-state index in [9.17, 15) is 0 Å². The molecule has 0 saturated carbocycles. The Morgan fingerprint density at radius 1 is 1.11 bits per heavy atom. The van der Waals surface area contributed by atoms with Crippen LogP contribution in [0.5, 0.6) is 0 Å². The Labute approximate surface area is 124 Å². The van der Waals surface area contributed by atoms with Gasteiger partial charge in [-0.15, -0.1) is 0 Å². The van der Waals surface area contributed by atoms with Crippen molar-refractivity contribution in [1.82, 2.24) is 9.80 Å². The molecule has 1 saturated heterocycles. The van der Waals surface area contributed by atoms with Crippen molar-refractivity contribution in [3.8, 4) is 0 Å². The molecular weight excluding hydrogens is 356 g/mol. The summed E-state index contributed by atoms with van der Waals surface area (Å²) >= 11 is -1.61. The molecule has 1 aliphatic rings. The molecule has 1 aromatic rings. The Morgan fingerprint density at radius 2 is 1.61 bits per heavy atom. The molecule has 0 atom stereocenters. The van der Waals surface area contributed by atoms with E-state index in [-0.39, 0.29) is 7.43 Å². The molecule has 0 aliphatic carbocycles. The minimum absolute atomic E-state index is 0. The molecule has 5 heteroatoms. The molecule has 0 spiro atoms. The van der Waals surface area contributed by atoms with Gasteiger partial charge < -0.3 is 17.2 Å². The summed E-state index contributed by atoms with van der Waals surface area (Å²) in [6, 6.07) is 9.89. The van der Waals surface area contributed by atoms with Crippen LogP contribution in [0.15, 0.2) is 30.3 Å². The molecule has 1 fully saturated rings. The number of hydrogen-bond acceptors (Lipinski definition) is 2. The Kier molecular flexibility index (Phi) is 10.2. The molecule has 18 heavy (non-hydrogen) atoms. The zero-order valence-electron chi connectivity index (χ0n) is 11.0. The van der Waals surface area contributed by atoms with Gasteiger partial charge in [0.25, 0.3) is 0 Å². The zero-order chi connectivity index (χ0) is 12.7. The quantitative estimate of drug-likeness (QED) is 0.549. The molecule has 0 amide bonds. The van der Waals surface area contributed by atoms with E-state index in [1.165, 1.54) is 13.1 Å². The average Bonchev–Trinajstić information content (AvgIpc) is 2.64. The first-order chi connectivity index (χ1) is 8.08. The van der Waals surface area contributed by atoms with E-state index in [1.54, 1.807) is 0 Å². The van der Waals surface area contributed by atoms with Crippen LogP contribution in [0.1, 0.15) is 5.56 Å². The zero-order valence-corrected chi connectivity index (χ0v) is 14.2. The summed E-state index contributed by atoms with van der Waals surface area (Å²) in [6.45, 7) is 4.47. The van der Waals surface area contributed by atoms with Crippen molar-refractivity contribution < 1.29 is 13.5 Å².